The van der Waals surface area contributed by atoms with Crippen LogP contribution >= 0.6 is 22.7 Å². The molecule has 7 heteroatoms. The van der Waals surface area contributed by atoms with E-state index in [4.69, 9.17) is 15.0 Å². The first kappa shape index (κ1) is 25.4. The average molecular weight is 599 g/mol. The van der Waals surface area contributed by atoms with E-state index in [2.05, 4.69) is 108 Å². The van der Waals surface area contributed by atoms with Crippen LogP contribution in [0.15, 0.2) is 140 Å². The van der Waals surface area contributed by atoms with Gasteiger partial charge in [0.15, 0.2) is 11.6 Å². The van der Waals surface area contributed by atoms with Gasteiger partial charge in [0.25, 0.3) is 6.71 Å². The first-order valence-electron chi connectivity index (χ1n) is 14.6. The van der Waals surface area contributed by atoms with Gasteiger partial charge < -0.3 is 0 Å². The van der Waals surface area contributed by atoms with E-state index in [0.717, 1.165) is 22.5 Å². The summed E-state index contributed by atoms with van der Waals surface area (Å²) in [5, 5.41) is 4.90. The highest BCUT2D eigenvalue weighted by Crippen LogP contribution is 2.46. The molecule has 5 aromatic carbocycles. The third-order valence-corrected chi connectivity index (χ3v) is 10.5. The molecular formula is C37H23BN4S2. The molecule has 1 aliphatic rings. The maximum Gasteiger partial charge on any atom is 0.297 e. The van der Waals surface area contributed by atoms with Crippen molar-refractivity contribution in [2.75, 3.05) is 4.90 Å². The lowest BCUT2D eigenvalue weighted by Gasteiger charge is -2.32. The molecule has 0 aliphatic carbocycles. The minimum atomic E-state index is -0.180. The Kier molecular flexibility index (Phi) is 5.92. The van der Waals surface area contributed by atoms with Crippen LogP contribution < -0.4 is 21.5 Å². The fourth-order valence-corrected chi connectivity index (χ4v) is 8.85. The molecule has 0 fully saturated rings. The molecule has 4 nitrogen and oxygen atoms in total. The number of thiophene rings is 2. The van der Waals surface area contributed by atoms with Crippen LogP contribution in [-0.4, -0.2) is 21.7 Å². The van der Waals surface area contributed by atoms with Gasteiger partial charge in [0.2, 0.25) is 0 Å². The summed E-state index contributed by atoms with van der Waals surface area (Å²) in [6.07, 6.45) is 0. The highest BCUT2D eigenvalue weighted by molar-refractivity contribution is 7.30. The van der Waals surface area contributed by atoms with Crippen LogP contribution in [0.4, 0.5) is 15.7 Å². The first-order valence-corrected chi connectivity index (χ1v) is 16.2. The second kappa shape index (κ2) is 10.3. The summed E-state index contributed by atoms with van der Waals surface area (Å²) < 4.78 is 2.51. The molecule has 3 aromatic heterocycles. The number of benzene rings is 5. The number of anilines is 3. The highest BCUT2D eigenvalue weighted by Gasteiger charge is 2.43. The maximum absolute atomic E-state index is 5.29. The Morgan fingerprint density at radius 3 is 1.39 bits per heavy atom. The number of rotatable bonds is 4. The molecule has 44 heavy (non-hydrogen) atoms. The van der Waals surface area contributed by atoms with Crippen LogP contribution in [0, 0.1) is 0 Å². The van der Waals surface area contributed by atoms with Crippen LogP contribution in [0.25, 0.3) is 42.9 Å². The Morgan fingerprint density at radius 2 is 0.886 bits per heavy atom. The lowest BCUT2D eigenvalue weighted by atomic mass is 9.38. The summed E-state index contributed by atoms with van der Waals surface area (Å²) in [6, 6.07) is 48.7. The van der Waals surface area contributed by atoms with E-state index in [1.54, 1.807) is 0 Å². The van der Waals surface area contributed by atoms with Gasteiger partial charge in [-0.3, -0.25) is 4.90 Å². The predicted molar refractivity (Wildman–Crippen MR) is 187 cm³/mol. The van der Waals surface area contributed by atoms with Crippen LogP contribution in [0.3, 0.4) is 0 Å². The molecule has 0 atom stereocenters. The zero-order chi connectivity index (χ0) is 29.0. The van der Waals surface area contributed by atoms with Crippen molar-refractivity contribution in [3.63, 3.8) is 0 Å². The van der Waals surface area contributed by atoms with Crippen molar-refractivity contribution in [2.24, 2.45) is 0 Å². The molecule has 4 heterocycles. The van der Waals surface area contributed by atoms with Crippen LogP contribution in [0.1, 0.15) is 0 Å². The average Bonchev–Trinajstić information content (AvgIpc) is 3.67. The quantitative estimate of drug-likeness (QED) is 0.193. The second-order valence-electron chi connectivity index (χ2n) is 10.8. The topological polar surface area (TPSA) is 41.9 Å². The molecular weight excluding hydrogens is 575 g/mol. The third-order valence-electron chi connectivity index (χ3n) is 8.20. The Labute approximate surface area is 263 Å². The van der Waals surface area contributed by atoms with E-state index < -0.39 is 0 Å². The van der Waals surface area contributed by atoms with Gasteiger partial charge in [-0.25, -0.2) is 15.0 Å². The van der Waals surface area contributed by atoms with E-state index in [1.165, 1.54) is 41.1 Å². The second-order valence-corrected chi connectivity index (χ2v) is 12.9. The SMILES string of the molecule is c1ccc(-c2nc(B3c4c(sc5ccccc45)N(c4ccccc4)c4sc5ccccc5c43)nc(-c3ccccc3)n2)cc1. The molecule has 1 aliphatic heterocycles. The highest BCUT2D eigenvalue weighted by atomic mass is 32.1. The monoisotopic (exact) mass is 598 g/mol. The smallest absolute Gasteiger partial charge is 0.294 e. The molecule has 0 radical (unpaired) electrons. The summed E-state index contributed by atoms with van der Waals surface area (Å²) >= 11 is 3.67. The van der Waals surface area contributed by atoms with Crippen LogP contribution in [-0.2, 0) is 0 Å². The number of hydrogen-bond acceptors (Lipinski definition) is 6. The molecule has 9 rings (SSSR count). The zero-order valence-corrected chi connectivity index (χ0v) is 25.1. The molecule has 8 aromatic rings. The molecule has 0 unspecified atom stereocenters. The normalized spacial score (nSPS) is 12.5. The lowest BCUT2D eigenvalue weighted by Crippen LogP contribution is -2.58. The molecule has 0 saturated heterocycles. The largest absolute Gasteiger partial charge is 0.297 e. The Hall–Kier alpha value is -5.11. The minimum absolute atomic E-state index is 0.180. The van der Waals surface area contributed by atoms with E-state index >= 15 is 0 Å². The van der Waals surface area contributed by atoms with E-state index in [1.807, 2.05) is 59.1 Å². The van der Waals surface area contributed by atoms with Gasteiger partial charge in [-0.15, -0.1) is 22.7 Å². The summed E-state index contributed by atoms with van der Waals surface area (Å²) in [6.45, 7) is -0.180. The summed E-state index contributed by atoms with van der Waals surface area (Å²) in [7, 11) is 0. The van der Waals surface area contributed by atoms with Crippen LogP contribution in [0.2, 0.25) is 0 Å². The standard InChI is InChI=1S/C37H23BN4S2/c1-4-14-24(15-5-1)33-39-34(25-16-6-2-7-17-25)41-37(40-33)38-31-27-20-10-12-22-29(27)43-35(31)42(26-18-8-3-9-19-26)36-32(38)28-21-11-13-23-30(28)44-36/h1-23H. The summed E-state index contributed by atoms with van der Waals surface area (Å²) in [5.41, 5.74) is 6.35. The Morgan fingerprint density at radius 1 is 0.455 bits per heavy atom. The third kappa shape index (κ3) is 4.01. The van der Waals surface area contributed by atoms with Crippen molar-refractivity contribution >= 4 is 81.9 Å². The number of fused-ring (bicyclic) bond motifs is 6. The predicted octanol–water partition coefficient (Wildman–Crippen LogP) is 7.93. The fraction of sp³-hybridized carbons (Fsp3) is 0. The maximum atomic E-state index is 5.29. The number of nitrogens with zero attached hydrogens (tertiary/aromatic N) is 4. The van der Waals surface area contributed by atoms with E-state index in [0.29, 0.717) is 11.6 Å². The van der Waals surface area contributed by atoms with Gasteiger partial charge in [-0.1, -0.05) is 115 Å². The summed E-state index contributed by atoms with van der Waals surface area (Å²) in [4.78, 5) is 18.0. The molecule has 0 N–H and O–H groups in total. The van der Waals surface area contributed by atoms with E-state index in [-0.39, 0.29) is 6.71 Å². The van der Waals surface area contributed by atoms with Crippen molar-refractivity contribution in [2.45, 2.75) is 0 Å². The van der Waals surface area contributed by atoms with E-state index in [9.17, 15) is 0 Å². The Bertz CT molecular complexity index is 2160. The molecule has 0 spiro atoms. The van der Waals surface area contributed by atoms with Crippen molar-refractivity contribution < 1.29 is 0 Å². The molecule has 0 saturated carbocycles. The van der Waals surface area contributed by atoms with Gasteiger partial charge >= 0.3 is 0 Å². The molecule has 206 valence electrons. The van der Waals surface area contributed by atoms with Crippen molar-refractivity contribution in [3.05, 3.63) is 140 Å². The van der Waals surface area contributed by atoms with Crippen molar-refractivity contribution in [3.8, 4) is 22.8 Å². The van der Waals surface area contributed by atoms with Gasteiger partial charge in [0, 0.05) is 26.2 Å². The fourth-order valence-electron chi connectivity index (χ4n) is 6.26. The molecule has 0 bridgehead atoms. The Balaban J connectivity index is 1.40. The van der Waals surface area contributed by atoms with Gasteiger partial charge in [-0.2, -0.15) is 0 Å². The first-order chi connectivity index (χ1) is 21.8. The number of hydrogen-bond donors (Lipinski definition) is 0. The minimum Gasteiger partial charge on any atom is -0.294 e. The lowest BCUT2D eigenvalue weighted by molar-refractivity contribution is 1.10. The number of aromatic nitrogens is 3. The number of para-hydroxylation sites is 1. The van der Waals surface area contributed by atoms with Crippen molar-refractivity contribution in [1.82, 2.24) is 15.0 Å². The summed E-state index contributed by atoms with van der Waals surface area (Å²) in [5.74, 6) is 1.37. The van der Waals surface area contributed by atoms with Gasteiger partial charge in [0.1, 0.15) is 5.72 Å². The van der Waals surface area contributed by atoms with Gasteiger partial charge in [0.05, 0.1) is 10.0 Å². The van der Waals surface area contributed by atoms with Crippen molar-refractivity contribution in [1.29, 1.82) is 0 Å². The molecule has 0 amide bonds. The van der Waals surface area contributed by atoms with Crippen LogP contribution in [0.5, 0.6) is 0 Å². The van der Waals surface area contributed by atoms with Gasteiger partial charge in [-0.05, 0) is 46.0 Å². The zero-order valence-electron chi connectivity index (χ0n) is 23.5.